The summed E-state index contributed by atoms with van der Waals surface area (Å²) < 4.78 is 5.38. The lowest BCUT2D eigenvalue weighted by atomic mass is 9.61. The molecule has 224 valence electrons. The van der Waals surface area contributed by atoms with Crippen molar-refractivity contribution < 1.29 is 24.9 Å². The van der Waals surface area contributed by atoms with Crippen LogP contribution in [0.5, 0.6) is 0 Å². The molecule has 0 aromatic carbocycles. The van der Waals surface area contributed by atoms with E-state index in [0.29, 0.717) is 42.6 Å². The second-order valence-electron chi connectivity index (χ2n) is 14.5. The van der Waals surface area contributed by atoms with E-state index in [4.69, 9.17) is 4.74 Å². The third-order valence-corrected chi connectivity index (χ3v) is 9.48. The number of ether oxygens (including phenoxy) is 1. The first-order valence-corrected chi connectivity index (χ1v) is 15.4. The van der Waals surface area contributed by atoms with Crippen molar-refractivity contribution >= 4 is 5.97 Å². The Balaban J connectivity index is 1.64. The van der Waals surface area contributed by atoms with Crippen LogP contribution in [0.4, 0.5) is 0 Å². The molecule has 0 aliphatic heterocycles. The van der Waals surface area contributed by atoms with Crippen molar-refractivity contribution in [3.05, 3.63) is 35.5 Å². The van der Waals surface area contributed by atoms with Crippen LogP contribution in [0.15, 0.2) is 35.5 Å². The number of esters is 1. The predicted molar refractivity (Wildman–Crippen MR) is 161 cm³/mol. The lowest BCUT2D eigenvalue weighted by molar-refractivity contribution is -0.155. The molecule has 5 heteroatoms. The summed E-state index contributed by atoms with van der Waals surface area (Å²) in [5.41, 5.74) is 1.89. The van der Waals surface area contributed by atoms with E-state index in [-0.39, 0.29) is 23.7 Å². The van der Waals surface area contributed by atoms with Crippen LogP contribution in [0, 0.1) is 40.9 Å². The van der Waals surface area contributed by atoms with Gasteiger partial charge in [-0.05, 0) is 120 Å². The van der Waals surface area contributed by atoms with Crippen LogP contribution >= 0.6 is 0 Å². The number of carbonyl (C=O) groups is 1. The summed E-state index contributed by atoms with van der Waals surface area (Å²) in [5, 5.41) is 31.9. The van der Waals surface area contributed by atoms with Crippen LogP contribution in [0.2, 0.25) is 0 Å². The molecular formula is C35H54O5. The van der Waals surface area contributed by atoms with Gasteiger partial charge in [-0.15, -0.1) is 5.92 Å². The van der Waals surface area contributed by atoms with Crippen molar-refractivity contribution in [2.75, 3.05) is 0 Å². The molecule has 0 bridgehead atoms. The highest BCUT2D eigenvalue weighted by Gasteiger charge is 2.50. The number of carbonyl (C=O) groups excluding carboxylic acids is 1. The Morgan fingerprint density at radius 2 is 1.90 bits per heavy atom. The molecule has 0 amide bonds. The van der Waals surface area contributed by atoms with Crippen LogP contribution in [0.25, 0.3) is 0 Å². The van der Waals surface area contributed by atoms with E-state index < -0.39 is 23.4 Å². The van der Waals surface area contributed by atoms with Gasteiger partial charge in [0.05, 0.1) is 12.2 Å². The largest absolute Gasteiger partial charge is 0.460 e. The fraction of sp³-hybridized carbons (Fsp3) is 0.743. The van der Waals surface area contributed by atoms with Crippen LogP contribution < -0.4 is 0 Å². The van der Waals surface area contributed by atoms with Crippen molar-refractivity contribution in [3.8, 4) is 11.8 Å². The summed E-state index contributed by atoms with van der Waals surface area (Å²) in [5.74, 6) is 7.28. The van der Waals surface area contributed by atoms with Gasteiger partial charge in [0.15, 0.2) is 0 Å². The molecule has 0 heterocycles. The van der Waals surface area contributed by atoms with Crippen molar-refractivity contribution in [2.45, 2.75) is 136 Å². The van der Waals surface area contributed by atoms with Crippen molar-refractivity contribution in [2.24, 2.45) is 29.1 Å². The average molecular weight is 555 g/mol. The number of hydrogen-bond acceptors (Lipinski definition) is 5. The first-order chi connectivity index (χ1) is 18.5. The SMILES string of the molecule is C=C1C(=CC=C2CCC[C@@]3(C)C2CC[C@@H]3[C@H](C)CC#CC(C)(C)O)C[C@@H](O)[C@H](CCCC(=O)OC(C)(C)C)[C@@H]1O. The van der Waals surface area contributed by atoms with Gasteiger partial charge in [0.1, 0.15) is 11.2 Å². The van der Waals surface area contributed by atoms with Crippen LogP contribution in [0.3, 0.4) is 0 Å². The Hall–Kier alpha value is -1.87. The summed E-state index contributed by atoms with van der Waals surface area (Å²) in [6.45, 7) is 18.0. The average Bonchev–Trinajstić information content (AvgIpc) is 3.18. The monoisotopic (exact) mass is 554 g/mol. The molecule has 0 aromatic rings. The Morgan fingerprint density at radius 3 is 2.55 bits per heavy atom. The molecule has 40 heavy (non-hydrogen) atoms. The third-order valence-electron chi connectivity index (χ3n) is 9.48. The molecule has 0 aromatic heterocycles. The van der Waals surface area contributed by atoms with Gasteiger partial charge in [-0.25, -0.2) is 0 Å². The third kappa shape index (κ3) is 8.34. The first kappa shape index (κ1) is 32.6. The summed E-state index contributed by atoms with van der Waals surface area (Å²) in [6.07, 6.45) is 11.4. The van der Waals surface area contributed by atoms with Gasteiger partial charge in [-0.3, -0.25) is 4.79 Å². The van der Waals surface area contributed by atoms with Crippen molar-refractivity contribution in [3.63, 3.8) is 0 Å². The molecule has 3 rings (SSSR count). The second kappa shape index (κ2) is 13.0. The number of aliphatic hydroxyl groups is 3. The molecule has 0 radical (unpaired) electrons. The smallest absolute Gasteiger partial charge is 0.306 e. The zero-order valence-electron chi connectivity index (χ0n) is 26.1. The van der Waals surface area contributed by atoms with Gasteiger partial charge >= 0.3 is 5.97 Å². The van der Waals surface area contributed by atoms with Gasteiger partial charge in [-0.1, -0.05) is 44.1 Å². The van der Waals surface area contributed by atoms with Gasteiger partial charge in [0, 0.05) is 18.8 Å². The zero-order valence-corrected chi connectivity index (χ0v) is 26.1. The minimum Gasteiger partial charge on any atom is -0.460 e. The maximum absolute atomic E-state index is 12.1. The number of fused-ring (bicyclic) bond motifs is 1. The summed E-state index contributed by atoms with van der Waals surface area (Å²) in [7, 11) is 0. The Morgan fingerprint density at radius 1 is 1.20 bits per heavy atom. The fourth-order valence-corrected chi connectivity index (χ4v) is 7.56. The lowest BCUT2D eigenvalue weighted by Gasteiger charge is -2.44. The fourth-order valence-electron chi connectivity index (χ4n) is 7.56. The number of allylic oxidation sites excluding steroid dienone is 3. The van der Waals surface area contributed by atoms with Gasteiger partial charge in [-0.2, -0.15) is 0 Å². The summed E-state index contributed by atoms with van der Waals surface area (Å²) in [6, 6.07) is 0. The minimum atomic E-state index is -0.944. The van der Waals surface area contributed by atoms with E-state index >= 15 is 0 Å². The molecule has 1 unspecified atom stereocenters. The summed E-state index contributed by atoms with van der Waals surface area (Å²) >= 11 is 0. The van der Waals surface area contributed by atoms with Crippen LogP contribution in [-0.2, 0) is 9.53 Å². The van der Waals surface area contributed by atoms with E-state index in [1.54, 1.807) is 13.8 Å². The second-order valence-corrected chi connectivity index (χ2v) is 14.5. The van der Waals surface area contributed by atoms with Crippen LogP contribution in [0.1, 0.15) is 113 Å². The molecule has 3 N–H and O–H groups in total. The Labute approximate surface area is 243 Å². The molecule has 5 nitrogen and oxygen atoms in total. The van der Waals surface area contributed by atoms with E-state index in [1.165, 1.54) is 31.3 Å². The minimum absolute atomic E-state index is 0.247. The topological polar surface area (TPSA) is 87.0 Å². The maximum atomic E-state index is 12.1. The zero-order chi connectivity index (χ0) is 29.9. The van der Waals surface area contributed by atoms with E-state index in [2.05, 4.69) is 44.4 Å². The highest BCUT2D eigenvalue weighted by Crippen LogP contribution is 2.59. The number of rotatable bonds is 7. The first-order valence-electron chi connectivity index (χ1n) is 15.4. The van der Waals surface area contributed by atoms with E-state index in [1.807, 2.05) is 20.8 Å². The highest BCUT2D eigenvalue weighted by molar-refractivity contribution is 5.69. The number of aliphatic hydroxyl groups excluding tert-OH is 2. The molecular weight excluding hydrogens is 500 g/mol. The van der Waals surface area contributed by atoms with E-state index in [9.17, 15) is 20.1 Å². The van der Waals surface area contributed by atoms with Crippen LogP contribution in [-0.4, -0.2) is 44.7 Å². The summed E-state index contributed by atoms with van der Waals surface area (Å²) in [4.78, 5) is 12.1. The van der Waals surface area contributed by atoms with Gasteiger partial charge in [0.2, 0.25) is 0 Å². The molecule has 0 spiro atoms. The maximum Gasteiger partial charge on any atom is 0.306 e. The quantitative estimate of drug-likeness (QED) is 0.242. The predicted octanol–water partition coefficient (Wildman–Crippen LogP) is 6.67. The van der Waals surface area contributed by atoms with Gasteiger partial charge in [0.25, 0.3) is 0 Å². The lowest BCUT2D eigenvalue weighted by Crippen LogP contribution is -2.38. The molecule has 7 atom stereocenters. The molecule has 0 saturated heterocycles. The Kier molecular flexibility index (Phi) is 10.6. The number of hydrogen-bond donors (Lipinski definition) is 3. The molecule has 3 saturated carbocycles. The molecule has 3 fully saturated rings. The standard InChI is InChI=1S/C35H54O5/c1-23(12-10-20-34(6,7)39)28-18-19-29-25(13-11-21-35(28,29)8)16-17-26-22-30(36)27(32(38)24(26)2)14-9-15-31(37)40-33(3,4)5/h16-17,23,27-30,32,36,38-39H,2,9,11-15,18-19,21-22H2,1,3-8H3/t23-,27+,28-,29?,30-,32-,35-/m1/s1. The van der Waals surface area contributed by atoms with Gasteiger partial charge < -0.3 is 20.1 Å². The van der Waals surface area contributed by atoms with E-state index in [0.717, 1.165) is 18.4 Å². The normalized spacial score (nSPS) is 33.9. The molecule has 3 aliphatic carbocycles. The van der Waals surface area contributed by atoms with Crippen molar-refractivity contribution in [1.29, 1.82) is 0 Å². The molecule has 3 aliphatic rings. The van der Waals surface area contributed by atoms with Crippen molar-refractivity contribution in [1.82, 2.24) is 0 Å². The Bertz CT molecular complexity index is 1040. The highest BCUT2D eigenvalue weighted by atomic mass is 16.6.